The molecule has 10 amide bonds. The van der Waals surface area contributed by atoms with Crippen molar-refractivity contribution in [1.29, 1.82) is 0 Å². The van der Waals surface area contributed by atoms with Gasteiger partial charge in [0.1, 0.15) is 35.5 Å². The Kier molecular flexibility index (Phi) is 61.8. The van der Waals surface area contributed by atoms with Gasteiger partial charge in [0, 0.05) is 193 Å². The van der Waals surface area contributed by atoms with Crippen LogP contribution in [0.4, 0.5) is 9.59 Å². The number of fused-ring (bicyclic) bond motifs is 15. The van der Waals surface area contributed by atoms with Gasteiger partial charge in [0.15, 0.2) is 11.6 Å². The highest BCUT2D eigenvalue weighted by Gasteiger charge is 2.36. The smallest absolute Gasteiger partial charge is 0.326 e. The van der Waals surface area contributed by atoms with E-state index in [0.717, 1.165) is 133 Å². The number of hydrogen-bond donors (Lipinski definition) is 22. The number of urea groups is 2. The maximum atomic E-state index is 14.3. The highest BCUT2D eigenvalue weighted by Crippen LogP contribution is 2.23. The van der Waals surface area contributed by atoms with Gasteiger partial charge in [-0.3, -0.25) is 57.5 Å². The van der Waals surface area contributed by atoms with Crippen molar-refractivity contribution in [3.05, 3.63) is 156 Å². The van der Waals surface area contributed by atoms with Gasteiger partial charge >= 0.3 is 41.9 Å². The minimum Gasteiger partial charge on any atom is -0.511 e. The number of carboxylic acids is 5. The predicted molar refractivity (Wildman–Crippen MR) is 553 cm³/mol. The van der Waals surface area contributed by atoms with E-state index in [0.29, 0.717) is 135 Å². The summed E-state index contributed by atoms with van der Waals surface area (Å²) < 4.78 is 0. The van der Waals surface area contributed by atoms with Crippen LogP contribution < -0.4 is 85.1 Å². The zero-order chi connectivity index (χ0) is 107. The Morgan fingerprint density at radius 3 is 0.945 bits per heavy atom. The second-order valence-corrected chi connectivity index (χ2v) is 38.5. The maximum absolute atomic E-state index is 14.3. The molecule has 0 aliphatic carbocycles. The van der Waals surface area contributed by atoms with Gasteiger partial charge in [-0.2, -0.15) is 0 Å². The number of Topliss-reactive ketones (excluding diaryl/α,β-unsaturated/α-hetero) is 4. The lowest BCUT2D eigenvalue weighted by atomic mass is 9.89. The topological polar surface area (TPSA) is 604 Å². The van der Waals surface area contributed by atoms with E-state index in [1.165, 1.54) is 7.05 Å². The van der Waals surface area contributed by atoms with E-state index in [4.69, 9.17) is 10.2 Å². The molecule has 4 aromatic carbocycles. The van der Waals surface area contributed by atoms with Crippen LogP contribution >= 0.6 is 0 Å². The van der Waals surface area contributed by atoms with Crippen molar-refractivity contribution in [3.63, 3.8) is 0 Å². The van der Waals surface area contributed by atoms with Gasteiger partial charge in [0.2, 0.25) is 35.4 Å². The minimum absolute atomic E-state index is 0.0396. The Bertz CT molecular complexity index is 4610. The fourth-order valence-corrected chi connectivity index (χ4v) is 17.3. The highest BCUT2D eigenvalue weighted by molar-refractivity contribution is 5.95. The van der Waals surface area contributed by atoms with E-state index in [9.17, 15) is 102 Å². The molecular formula is C107H162N16O23. The summed E-state index contributed by atoms with van der Waals surface area (Å²) in [6.45, 7) is 15.5. The summed E-state index contributed by atoms with van der Waals surface area (Å²) in [5.74, 6) is -9.96. The minimum atomic E-state index is -1.49. The molecule has 0 saturated carbocycles. The van der Waals surface area contributed by atoms with Gasteiger partial charge in [0.05, 0.1) is 23.7 Å². The van der Waals surface area contributed by atoms with E-state index < -0.39 is 108 Å². The molecule has 0 radical (unpaired) electrons. The van der Waals surface area contributed by atoms with Crippen LogP contribution in [-0.4, -0.2) is 272 Å². The van der Waals surface area contributed by atoms with Crippen LogP contribution in [0.25, 0.3) is 0 Å². The fourth-order valence-electron chi connectivity index (χ4n) is 17.3. The molecule has 39 heteroatoms. The van der Waals surface area contributed by atoms with E-state index in [-0.39, 0.29) is 147 Å². The van der Waals surface area contributed by atoms with Crippen LogP contribution in [0.5, 0.6) is 0 Å². The van der Waals surface area contributed by atoms with Crippen LogP contribution in [0.3, 0.4) is 0 Å². The largest absolute Gasteiger partial charge is 0.511 e. The second-order valence-electron chi connectivity index (χ2n) is 38.5. The average Bonchev–Trinajstić information content (AvgIpc) is 0.857. The summed E-state index contributed by atoms with van der Waals surface area (Å²) >= 11 is 0. The lowest BCUT2D eigenvalue weighted by molar-refractivity contribution is -0.142. The molecule has 3 aliphatic heterocycles. The van der Waals surface area contributed by atoms with Gasteiger partial charge in [-0.1, -0.05) is 199 Å². The molecule has 2 bridgehead atoms. The molecule has 8 atom stereocenters. The summed E-state index contributed by atoms with van der Waals surface area (Å²) in [6, 6.07) is 29.1. The third-order valence-corrected chi connectivity index (χ3v) is 25.7. The molecule has 0 aromatic heterocycles. The Morgan fingerprint density at radius 2 is 0.610 bits per heavy atom. The molecule has 4 aromatic rings. The summed E-state index contributed by atoms with van der Waals surface area (Å²) in [4.78, 5) is 213. The van der Waals surface area contributed by atoms with Gasteiger partial charge in [0.25, 0.3) is 0 Å². The molecule has 3 fully saturated rings. The van der Waals surface area contributed by atoms with E-state index in [1.807, 2.05) is 121 Å². The van der Waals surface area contributed by atoms with Gasteiger partial charge in [-0.25, -0.2) is 24.0 Å². The summed E-state index contributed by atoms with van der Waals surface area (Å²) in [5, 5.41) is 104. The third kappa shape index (κ3) is 56.3. The summed E-state index contributed by atoms with van der Waals surface area (Å²) in [7, 11) is 1.53. The molecule has 7 rings (SSSR count). The number of ketones is 4. The van der Waals surface area contributed by atoms with Crippen LogP contribution in [0.2, 0.25) is 0 Å². The van der Waals surface area contributed by atoms with Crippen LogP contribution in [0.1, 0.15) is 247 Å². The van der Waals surface area contributed by atoms with E-state index >= 15 is 0 Å². The number of benzene rings is 4. The first-order chi connectivity index (χ1) is 70.1. The first kappa shape index (κ1) is 124. The fraction of sp³-hybridized carbons (Fsp3) is 0.598. The molecule has 0 spiro atoms. The number of hydrogen-bond acceptors (Lipinski definition) is 24. The van der Waals surface area contributed by atoms with Crippen molar-refractivity contribution in [1.82, 2.24) is 85.1 Å². The standard InChI is InChI=1S/C61H97N11O11.C46H65N5O12/c1-45(73)50(70-59(83)71-51(58(81)82)27-28-56(78)79)24-15-8-14-23-49(74)22-13-4-3-5-16-29-68-57(80)48(36-46-18-9-6-10-19-46)38-53(75)52(37-47-20-11-7-12-21-47)69-54(76)25-17-26-55(77)72-61-42-65-33-30-62-39-60(2,40-63-31-34-66-43-61)41-64-32-35-67-44-61;1-47-40(54)24-16-25-41(55)49-38(30-33-19-10-6-11-20-33)39(53)31-34(29-32-17-8-5-9-18-32)43(58)48-28-15-4-2-3-12-21-35(52)22-13-7-14-23-36(44(59)60)50-46(63)51-37(45(61)62)26-27-42(56)57/h6-7,9-12,18-21,48,50-52,62-67,73H,1,3-5,8,13-17,22-44H2,2H3,(H,68,80)(H,69,76)(H,72,77)(H,78,79)(H,81,82)(H2,70,71,83);5-6,8-11,17-20,34,36-38H,2-4,7,12-16,21-31H2,1H3,(H,47,54)(H,48,58)(H,49,55)(H,56,57)(H,59,60)(H,61,62)(H2,50,51,63). The first-order valence-corrected chi connectivity index (χ1v) is 51.9. The normalized spacial score (nSPS) is 16.6. The number of nitrogens with one attached hydrogen (secondary N) is 16. The number of aliphatic hydroxyl groups is 1. The predicted octanol–water partition coefficient (Wildman–Crippen LogP) is 7.66. The second kappa shape index (κ2) is 72.8. The zero-order valence-electron chi connectivity index (χ0n) is 85.3. The highest BCUT2D eigenvalue weighted by atomic mass is 16.4. The van der Waals surface area contributed by atoms with E-state index in [2.05, 4.69) is 98.6 Å². The van der Waals surface area contributed by atoms with Crippen molar-refractivity contribution in [2.45, 2.75) is 293 Å². The number of aliphatic carboxylic acids is 5. The summed E-state index contributed by atoms with van der Waals surface area (Å²) in [6.07, 6.45) is 13.8. The molecule has 3 aliphatic rings. The number of rotatable bonds is 69. The van der Waals surface area contributed by atoms with Crippen molar-refractivity contribution in [2.75, 3.05) is 98.7 Å². The number of carbonyl (C=O) groups is 17. The van der Waals surface area contributed by atoms with Gasteiger partial charge in [-0.15, -0.1) is 0 Å². The maximum Gasteiger partial charge on any atom is 0.326 e. The molecule has 39 nitrogen and oxygen atoms in total. The Labute approximate surface area is 858 Å². The van der Waals surface area contributed by atoms with Crippen LogP contribution in [-0.2, 0) is 97.6 Å². The number of amides is 10. The van der Waals surface area contributed by atoms with Gasteiger partial charge in [-0.05, 0) is 125 Å². The molecule has 3 heterocycles. The first-order valence-electron chi connectivity index (χ1n) is 51.9. The Balaban J connectivity index is 0.000000534. The number of carboxylic acid groups (broad SMARTS) is 5. The molecule has 146 heavy (non-hydrogen) atoms. The molecular weight excluding hydrogens is 1880 g/mol. The van der Waals surface area contributed by atoms with Gasteiger partial charge < -0.3 is 116 Å². The lowest BCUT2D eigenvalue weighted by Crippen LogP contribution is -2.66. The quantitative estimate of drug-likeness (QED) is 0.0149. The molecule has 808 valence electrons. The zero-order valence-corrected chi connectivity index (χ0v) is 85.3. The molecule has 22 N–H and O–H groups in total. The monoisotopic (exact) mass is 2040 g/mol. The lowest BCUT2D eigenvalue weighted by Gasteiger charge is -2.37. The number of aliphatic hydroxyl groups excluding tert-OH is 1. The van der Waals surface area contributed by atoms with Crippen molar-refractivity contribution in [2.24, 2.45) is 17.3 Å². The molecule has 3 saturated heterocycles. The number of carbonyl (C=O) groups excluding carboxylic acids is 12. The third-order valence-electron chi connectivity index (χ3n) is 25.7. The van der Waals surface area contributed by atoms with Crippen molar-refractivity contribution < 1.29 is 112 Å². The SMILES string of the molecule is C=C(O)C(CCCCCC(=O)CCCCCCCNC(=O)C(CC(=O)C(Cc1ccccc1)NC(=O)CCCC(=O)NC12CNCCNCC(C)(CNCCNC1)CNCCNC2)Cc1ccccc1)NC(=O)NC(CCC(=O)O)C(=O)O.CNC(=O)CCCC(=O)NC(Cc1ccccc1)C(=O)CC(Cc1ccccc1)C(=O)NCCCCCCCC(=O)CCCCCC(NC(=O)NC(CCC(=O)O)C(=O)O)C(=O)O. The Morgan fingerprint density at radius 1 is 0.315 bits per heavy atom. The van der Waals surface area contributed by atoms with Crippen molar-refractivity contribution >= 4 is 100 Å². The van der Waals surface area contributed by atoms with E-state index in [1.54, 1.807) is 0 Å². The summed E-state index contributed by atoms with van der Waals surface area (Å²) in [5.41, 5.74) is 2.99. The number of unbranched alkanes of at least 4 members (excludes halogenated alkanes) is 12. The van der Waals surface area contributed by atoms with Crippen molar-refractivity contribution in [3.8, 4) is 0 Å². The van der Waals surface area contributed by atoms with Crippen LogP contribution in [0, 0.1) is 17.3 Å². The Hall–Kier alpha value is -12.4. The molecule has 8 unspecified atom stereocenters. The average molecular weight is 2040 g/mol. The van der Waals surface area contributed by atoms with Crippen LogP contribution in [0.15, 0.2) is 134 Å².